The van der Waals surface area contributed by atoms with Gasteiger partial charge in [0.05, 0.1) is 28.3 Å². The van der Waals surface area contributed by atoms with E-state index in [0.717, 1.165) is 11.4 Å². The number of nitrogens with one attached hydrogen (secondary N) is 1. The van der Waals surface area contributed by atoms with Crippen molar-refractivity contribution in [3.8, 4) is 17.1 Å². The van der Waals surface area contributed by atoms with E-state index in [1.54, 1.807) is 18.3 Å². The van der Waals surface area contributed by atoms with E-state index in [1.807, 2.05) is 30.8 Å². The van der Waals surface area contributed by atoms with E-state index in [1.165, 1.54) is 30.8 Å². The minimum absolute atomic E-state index is 0.0275. The van der Waals surface area contributed by atoms with Crippen LogP contribution in [0.1, 0.15) is 20.8 Å². The molecule has 0 aliphatic heterocycles. The van der Waals surface area contributed by atoms with Crippen LogP contribution in [0.2, 0.25) is 0 Å². The van der Waals surface area contributed by atoms with Crippen molar-refractivity contribution in [3.05, 3.63) is 42.9 Å². The number of aryl methyl sites for hydroxylation is 1. The number of nitrogens with two attached hydrogens (primary N) is 1. The molecule has 31 heavy (non-hydrogen) atoms. The van der Waals surface area contributed by atoms with Gasteiger partial charge in [-0.15, -0.1) is 0 Å². The van der Waals surface area contributed by atoms with E-state index < -0.39 is 10.0 Å². The topological polar surface area (TPSA) is 129 Å². The zero-order chi connectivity index (χ0) is 22.6. The van der Waals surface area contributed by atoms with Crippen LogP contribution in [0.4, 0.5) is 5.69 Å². The molecule has 3 aromatic rings. The van der Waals surface area contributed by atoms with Gasteiger partial charge in [0.25, 0.3) is 0 Å². The number of hydrogen-bond donors (Lipinski definition) is 2. The molecule has 0 radical (unpaired) electrons. The zero-order valence-corrected chi connectivity index (χ0v) is 19.0. The van der Waals surface area contributed by atoms with Crippen LogP contribution >= 0.6 is 11.8 Å². The van der Waals surface area contributed by atoms with Gasteiger partial charge in [-0.2, -0.15) is 0 Å². The first-order valence-electron chi connectivity index (χ1n) is 9.49. The number of ether oxygens (including phenoxy) is 1. The second-order valence-corrected chi connectivity index (χ2v) is 9.14. The Labute approximate surface area is 185 Å². The molecule has 2 heterocycles. The number of rotatable bonds is 8. The second-order valence-electron chi connectivity index (χ2n) is 6.52. The molecule has 3 N–H and O–H groups in total. The number of carbonyl (C=O) groups excluding carboxylic acids is 1. The normalized spacial score (nSPS) is 11.4. The summed E-state index contributed by atoms with van der Waals surface area (Å²) in [5.41, 5.74) is 1.58. The van der Waals surface area contributed by atoms with Gasteiger partial charge in [0, 0.05) is 31.4 Å². The summed E-state index contributed by atoms with van der Waals surface area (Å²) >= 11 is 1.33. The summed E-state index contributed by atoms with van der Waals surface area (Å²) in [6.07, 6.45) is 5.33. The lowest BCUT2D eigenvalue weighted by Crippen LogP contribution is -2.12. The van der Waals surface area contributed by atoms with Crippen molar-refractivity contribution in [2.24, 2.45) is 5.14 Å². The number of aromatic nitrogens is 3. The van der Waals surface area contributed by atoms with Crippen molar-refractivity contribution < 1.29 is 17.9 Å². The number of primary sulfonamides is 1. The van der Waals surface area contributed by atoms with Crippen LogP contribution in [0.15, 0.2) is 57.7 Å². The summed E-state index contributed by atoms with van der Waals surface area (Å²) in [6.45, 7) is 6.38. The molecule has 11 heteroatoms. The molecule has 0 spiro atoms. The summed E-state index contributed by atoms with van der Waals surface area (Å²) in [5, 5.41) is 8.64. The third-order valence-corrected chi connectivity index (χ3v) is 6.03. The Bertz CT molecular complexity index is 1210. The molecular formula is C20H23N5O4S2. The maximum Gasteiger partial charge on any atom is 0.240 e. The van der Waals surface area contributed by atoms with Crippen LogP contribution in [0.25, 0.3) is 11.3 Å². The maximum absolute atomic E-state index is 11.8. The average molecular weight is 462 g/mol. The molecule has 0 saturated carbocycles. The highest BCUT2D eigenvalue weighted by molar-refractivity contribution is 7.99. The lowest BCUT2D eigenvalue weighted by Gasteiger charge is -2.11. The first kappa shape index (κ1) is 22.8. The van der Waals surface area contributed by atoms with Crippen molar-refractivity contribution >= 4 is 33.4 Å². The highest BCUT2D eigenvalue weighted by Gasteiger charge is 2.17. The molecule has 0 aliphatic rings. The molecule has 0 bridgehead atoms. The minimum atomic E-state index is -3.87. The molecule has 0 unspecified atom stereocenters. The Morgan fingerprint density at radius 1 is 1.29 bits per heavy atom. The van der Waals surface area contributed by atoms with E-state index in [2.05, 4.69) is 15.3 Å². The fourth-order valence-electron chi connectivity index (χ4n) is 2.81. The number of hydrogen-bond acceptors (Lipinski definition) is 7. The van der Waals surface area contributed by atoms with Gasteiger partial charge in [-0.25, -0.2) is 23.5 Å². The molecule has 1 aromatic carbocycles. The van der Waals surface area contributed by atoms with E-state index in [4.69, 9.17) is 9.88 Å². The van der Waals surface area contributed by atoms with Gasteiger partial charge in [0.1, 0.15) is 10.7 Å². The summed E-state index contributed by atoms with van der Waals surface area (Å²) in [4.78, 5) is 21.4. The van der Waals surface area contributed by atoms with Crippen molar-refractivity contribution in [1.82, 2.24) is 14.5 Å². The smallest absolute Gasteiger partial charge is 0.240 e. The van der Waals surface area contributed by atoms with E-state index >= 15 is 0 Å². The lowest BCUT2D eigenvalue weighted by atomic mass is 10.1. The third-order valence-electron chi connectivity index (χ3n) is 4.17. The minimum Gasteiger partial charge on any atom is -0.476 e. The molecule has 9 nitrogen and oxygen atoms in total. The fraction of sp³-hybridized carbons (Fsp3) is 0.250. The molecule has 0 atom stereocenters. The van der Waals surface area contributed by atoms with Gasteiger partial charge < -0.3 is 14.6 Å². The number of benzene rings is 1. The van der Waals surface area contributed by atoms with Crippen molar-refractivity contribution in [1.29, 1.82) is 0 Å². The van der Waals surface area contributed by atoms with Crippen LogP contribution in [-0.2, 0) is 21.4 Å². The quantitative estimate of drug-likeness (QED) is 0.527. The van der Waals surface area contributed by atoms with Gasteiger partial charge in [-0.05, 0) is 26.0 Å². The van der Waals surface area contributed by atoms with Crippen LogP contribution in [0.5, 0.6) is 5.88 Å². The van der Waals surface area contributed by atoms with Crippen LogP contribution in [0.3, 0.4) is 0 Å². The number of carbonyl (C=O) groups is 1. The van der Waals surface area contributed by atoms with Crippen molar-refractivity contribution in [2.45, 2.75) is 42.1 Å². The molecule has 0 fully saturated rings. The number of anilines is 1. The molecule has 2 aromatic heterocycles. The highest BCUT2D eigenvalue weighted by Crippen LogP contribution is 2.36. The predicted octanol–water partition coefficient (Wildman–Crippen LogP) is 3.12. The van der Waals surface area contributed by atoms with Gasteiger partial charge in [-0.1, -0.05) is 23.9 Å². The molecule has 0 saturated heterocycles. The second kappa shape index (κ2) is 9.50. The number of sulfonamides is 1. The summed E-state index contributed by atoms with van der Waals surface area (Å²) in [7, 11) is -3.87. The Kier molecular flexibility index (Phi) is 6.98. The van der Waals surface area contributed by atoms with E-state index in [-0.39, 0.29) is 16.7 Å². The summed E-state index contributed by atoms with van der Waals surface area (Å²) in [5.74, 6) is 0.112. The Morgan fingerprint density at radius 3 is 2.71 bits per heavy atom. The first-order valence-corrected chi connectivity index (χ1v) is 11.9. The summed E-state index contributed by atoms with van der Waals surface area (Å²) < 4.78 is 31.1. The highest BCUT2D eigenvalue weighted by atomic mass is 32.2. The first-order chi connectivity index (χ1) is 14.7. The lowest BCUT2D eigenvalue weighted by molar-refractivity contribution is -0.114. The zero-order valence-electron chi connectivity index (χ0n) is 17.3. The Morgan fingerprint density at radius 2 is 2.06 bits per heavy atom. The van der Waals surface area contributed by atoms with Crippen LogP contribution < -0.4 is 15.2 Å². The maximum atomic E-state index is 11.8. The molecular weight excluding hydrogens is 438 g/mol. The van der Waals surface area contributed by atoms with Gasteiger partial charge >= 0.3 is 0 Å². The third kappa shape index (κ3) is 5.63. The van der Waals surface area contributed by atoms with E-state index in [0.29, 0.717) is 28.6 Å². The molecule has 164 valence electrons. The van der Waals surface area contributed by atoms with Gasteiger partial charge in [0.15, 0.2) is 0 Å². The van der Waals surface area contributed by atoms with E-state index in [9.17, 15) is 13.2 Å². The Hall–Kier alpha value is -2.89. The molecule has 3 rings (SSSR count). The van der Waals surface area contributed by atoms with Crippen molar-refractivity contribution in [2.75, 3.05) is 11.9 Å². The fourth-order valence-corrected chi connectivity index (χ4v) is 4.24. The molecule has 0 aliphatic carbocycles. The number of nitrogens with zero attached hydrogens (tertiary/aromatic N) is 3. The largest absolute Gasteiger partial charge is 0.476 e. The predicted molar refractivity (Wildman–Crippen MR) is 119 cm³/mol. The van der Waals surface area contributed by atoms with Gasteiger partial charge in [-0.3, -0.25) is 4.79 Å². The standard InChI is InChI=1S/C20H23N5O4S2/c1-4-25-11-16(23-13(3)26)17(12-25)30-18-10-22-20(29-5-2)19(24-18)14-7-6-8-15(9-14)31(21,27)28/h6-12H,4-5H2,1-3H3,(H,23,26)(H2,21,27,28). The monoisotopic (exact) mass is 461 g/mol. The van der Waals surface area contributed by atoms with Crippen molar-refractivity contribution in [3.63, 3.8) is 0 Å². The SMILES string of the molecule is CCOc1ncc(Sc2cn(CC)cc2NC(C)=O)nc1-c1cccc(S(N)(=O)=O)c1. The molecule has 1 amide bonds. The van der Waals surface area contributed by atoms with Crippen LogP contribution in [-0.4, -0.2) is 35.5 Å². The summed E-state index contributed by atoms with van der Waals surface area (Å²) in [6, 6.07) is 6.15. The average Bonchev–Trinajstić information content (AvgIpc) is 3.09. The number of amides is 1. The Balaban J connectivity index is 2.04. The van der Waals surface area contributed by atoms with Crippen LogP contribution in [0, 0.1) is 0 Å². The van der Waals surface area contributed by atoms with Gasteiger partial charge in [0.2, 0.25) is 21.8 Å².